The lowest BCUT2D eigenvalue weighted by Gasteiger charge is -2.09. The quantitative estimate of drug-likeness (QED) is 0.884. The first-order valence-electron chi connectivity index (χ1n) is 4.90. The zero-order chi connectivity index (χ0) is 11.5. The largest absolute Gasteiger partial charge is 0.396 e. The van der Waals surface area contributed by atoms with E-state index >= 15 is 0 Å². The smallest absolute Gasteiger partial charge is 0.153 e. The van der Waals surface area contributed by atoms with Crippen LogP contribution in [0.3, 0.4) is 0 Å². The second-order valence-corrected chi connectivity index (χ2v) is 4.50. The molecule has 3 N–H and O–H groups in total. The predicted octanol–water partition coefficient (Wildman–Crippen LogP) is 3.48. The summed E-state index contributed by atoms with van der Waals surface area (Å²) in [6, 6.07) is 9.71. The standard InChI is InChI=1S/C12H12BrN3/c1-8-5-9(13)7-10(6-8)16-12-11(14)3-2-4-15-12/h2-7H,14H2,1H3,(H,15,16). The van der Waals surface area contributed by atoms with Gasteiger partial charge < -0.3 is 11.1 Å². The maximum atomic E-state index is 5.81. The van der Waals surface area contributed by atoms with Crippen molar-refractivity contribution in [1.29, 1.82) is 0 Å². The number of nitrogens with zero attached hydrogens (tertiary/aromatic N) is 1. The van der Waals surface area contributed by atoms with Crippen molar-refractivity contribution < 1.29 is 0 Å². The van der Waals surface area contributed by atoms with Crippen molar-refractivity contribution in [1.82, 2.24) is 4.98 Å². The van der Waals surface area contributed by atoms with Gasteiger partial charge in [-0.25, -0.2) is 4.98 Å². The van der Waals surface area contributed by atoms with E-state index in [0.29, 0.717) is 11.5 Å². The Bertz CT molecular complexity index is 491. The number of nitrogen functional groups attached to an aromatic ring is 1. The number of pyridine rings is 1. The average molecular weight is 278 g/mol. The lowest BCUT2D eigenvalue weighted by Crippen LogP contribution is -1.98. The van der Waals surface area contributed by atoms with Crippen LogP contribution in [0.2, 0.25) is 0 Å². The summed E-state index contributed by atoms with van der Waals surface area (Å²) in [5, 5.41) is 3.19. The summed E-state index contributed by atoms with van der Waals surface area (Å²) in [5.41, 5.74) is 8.59. The lowest BCUT2D eigenvalue weighted by atomic mass is 10.2. The Hall–Kier alpha value is -1.55. The maximum absolute atomic E-state index is 5.81. The Morgan fingerprint density at radius 1 is 1.31 bits per heavy atom. The molecule has 0 unspecified atom stereocenters. The van der Waals surface area contributed by atoms with Gasteiger partial charge in [-0.15, -0.1) is 0 Å². The van der Waals surface area contributed by atoms with Crippen LogP contribution >= 0.6 is 15.9 Å². The van der Waals surface area contributed by atoms with Crippen molar-refractivity contribution >= 4 is 33.1 Å². The fourth-order valence-corrected chi connectivity index (χ4v) is 2.08. The van der Waals surface area contributed by atoms with Gasteiger partial charge in [-0.1, -0.05) is 15.9 Å². The minimum Gasteiger partial charge on any atom is -0.396 e. The van der Waals surface area contributed by atoms with E-state index in [1.54, 1.807) is 6.20 Å². The predicted molar refractivity (Wildman–Crippen MR) is 70.8 cm³/mol. The molecule has 16 heavy (non-hydrogen) atoms. The number of aryl methyl sites for hydroxylation is 1. The second kappa shape index (κ2) is 4.53. The fraction of sp³-hybridized carbons (Fsp3) is 0.0833. The number of nitrogens with two attached hydrogens (primary N) is 1. The maximum Gasteiger partial charge on any atom is 0.153 e. The number of hydrogen-bond donors (Lipinski definition) is 2. The van der Waals surface area contributed by atoms with Gasteiger partial charge in [0.05, 0.1) is 5.69 Å². The molecule has 0 spiro atoms. The summed E-state index contributed by atoms with van der Waals surface area (Å²) < 4.78 is 1.03. The summed E-state index contributed by atoms with van der Waals surface area (Å²) in [6.45, 7) is 2.04. The number of aromatic nitrogens is 1. The molecule has 0 radical (unpaired) electrons. The molecular weight excluding hydrogens is 266 g/mol. The van der Waals surface area contributed by atoms with Gasteiger partial charge in [0.2, 0.25) is 0 Å². The Balaban J connectivity index is 2.30. The van der Waals surface area contributed by atoms with Crippen LogP contribution in [0.25, 0.3) is 0 Å². The first-order valence-corrected chi connectivity index (χ1v) is 5.69. The highest BCUT2D eigenvalue weighted by molar-refractivity contribution is 9.10. The number of nitrogens with one attached hydrogen (secondary N) is 1. The molecule has 0 atom stereocenters. The highest BCUT2D eigenvalue weighted by Gasteiger charge is 2.01. The SMILES string of the molecule is Cc1cc(Br)cc(Nc2ncccc2N)c1. The molecule has 2 rings (SSSR count). The van der Waals surface area contributed by atoms with Crippen molar-refractivity contribution in [2.75, 3.05) is 11.1 Å². The molecule has 82 valence electrons. The van der Waals surface area contributed by atoms with E-state index in [9.17, 15) is 0 Å². The van der Waals surface area contributed by atoms with Crippen molar-refractivity contribution in [3.05, 3.63) is 46.6 Å². The number of halogens is 1. The van der Waals surface area contributed by atoms with Crippen LogP contribution in [0.15, 0.2) is 41.0 Å². The van der Waals surface area contributed by atoms with Gasteiger partial charge >= 0.3 is 0 Å². The van der Waals surface area contributed by atoms with Crippen LogP contribution in [-0.2, 0) is 0 Å². The molecule has 1 aromatic carbocycles. The summed E-state index contributed by atoms with van der Waals surface area (Å²) in [5.74, 6) is 0.681. The van der Waals surface area contributed by atoms with E-state index in [1.807, 2.05) is 37.3 Å². The first kappa shape index (κ1) is 11.0. The van der Waals surface area contributed by atoms with E-state index in [2.05, 4.69) is 26.2 Å². The molecule has 0 amide bonds. The second-order valence-electron chi connectivity index (χ2n) is 3.58. The topological polar surface area (TPSA) is 50.9 Å². The van der Waals surface area contributed by atoms with E-state index < -0.39 is 0 Å². The molecule has 0 saturated carbocycles. The molecule has 1 aromatic heterocycles. The third-order valence-corrected chi connectivity index (χ3v) is 2.60. The normalized spacial score (nSPS) is 10.1. The van der Waals surface area contributed by atoms with Crippen molar-refractivity contribution in [3.8, 4) is 0 Å². The van der Waals surface area contributed by atoms with Gasteiger partial charge in [-0.2, -0.15) is 0 Å². The van der Waals surface area contributed by atoms with Crippen LogP contribution < -0.4 is 11.1 Å². The van der Waals surface area contributed by atoms with Crippen molar-refractivity contribution in [3.63, 3.8) is 0 Å². The molecular formula is C12H12BrN3. The average Bonchev–Trinajstić information content (AvgIpc) is 2.20. The van der Waals surface area contributed by atoms with Crippen LogP contribution in [0.5, 0.6) is 0 Å². The molecule has 4 heteroatoms. The van der Waals surface area contributed by atoms with Crippen LogP contribution in [0.4, 0.5) is 17.2 Å². The van der Waals surface area contributed by atoms with Crippen LogP contribution in [-0.4, -0.2) is 4.98 Å². The molecule has 0 fully saturated rings. The Kier molecular flexibility index (Phi) is 3.10. The van der Waals surface area contributed by atoms with Crippen LogP contribution in [0, 0.1) is 6.92 Å². The van der Waals surface area contributed by atoms with Gasteiger partial charge in [-0.3, -0.25) is 0 Å². The molecule has 1 heterocycles. The summed E-state index contributed by atoms with van der Waals surface area (Å²) in [6.07, 6.45) is 1.71. The zero-order valence-corrected chi connectivity index (χ0v) is 10.5. The molecule has 0 saturated heterocycles. The summed E-state index contributed by atoms with van der Waals surface area (Å²) in [7, 11) is 0. The van der Waals surface area contributed by atoms with Crippen LogP contribution in [0.1, 0.15) is 5.56 Å². The molecule has 0 aliphatic carbocycles. The molecule has 0 aliphatic heterocycles. The number of benzene rings is 1. The lowest BCUT2D eigenvalue weighted by molar-refractivity contribution is 1.30. The summed E-state index contributed by atoms with van der Waals surface area (Å²) >= 11 is 3.45. The van der Waals surface area contributed by atoms with Gasteiger partial charge in [0.15, 0.2) is 5.82 Å². The molecule has 0 aliphatic rings. The molecule has 3 nitrogen and oxygen atoms in total. The Morgan fingerprint density at radius 2 is 2.12 bits per heavy atom. The minimum atomic E-state index is 0.639. The Labute approximate surface area is 103 Å². The van der Waals surface area contributed by atoms with Gasteiger partial charge in [0, 0.05) is 16.4 Å². The van der Waals surface area contributed by atoms with E-state index in [0.717, 1.165) is 10.2 Å². The Morgan fingerprint density at radius 3 is 2.81 bits per heavy atom. The van der Waals surface area contributed by atoms with E-state index in [4.69, 9.17) is 5.73 Å². The number of anilines is 3. The van der Waals surface area contributed by atoms with Crippen molar-refractivity contribution in [2.45, 2.75) is 6.92 Å². The highest BCUT2D eigenvalue weighted by atomic mass is 79.9. The fourth-order valence-electron chi connectivity index (χ4n) is 1.47. The first-order chi connectivity index (χ1) is 7.65. The third kappa shape index (κ3) is 2.52. The van der Waals surface area contributed by atoms with Gasteiger partial charge in [0.25, 0.3) is 0 Å². The monoisotopic (exact) mass is 277 g/mol. The number of hydrogen-bond acceptors (Lipinski definition) is 3. The highest BCUT2D eigenvalue weighted by Crippen LogP contribution is 2.24. The van der Waals surface area contributed by atoms with E-state index in [1.165, 1.54) is 5.56 Å². The van der Waals surface area contributed by atoms with Gasteiger partial charge in [-0.05, 0) is 42.8 Å². The van der Waals surface area contributed by atoms with Crippen molar-refractivity contribution in [2.24, 2.45) is 0 Å². The van der Waals surface area contributed by atoms with Gasteiger partial charge in [0.1, 0.15) is 0 Å². The zero-order valence-electron chi connectivity index (χ0n) is 8.87. The van der Waals surface area contributed by atoms with E-state index in [-0.39, 0.29) is 0 Å². The molecule has 2 aromatic rings. The third-order valence-electron chi connectivity index (χ3n) is 2.14. The summed E-state index contributed by atoms with van der Waals surface area (Å²) in [4.78, 5) is 4.18. The molecule has 0 bridgehead atoms. The minimum absolute atomic E-state index is 0.639. The number of rotatable bonds is 2.